The van der Waals surface area contributed by atoms with E-state index in [1.54, 1.807) is 0 Å². The van der Waals surface area contributed by atoms with Crippen LogP contribution in [0.1, 0.15) is 67.0 Å². The van der Waals surface area contributed by atoms with Gasteiger partial charge in [0, 0.05) is 9.60 Å². The van der Waals surface area contributed by atoms with E-state index in [2.05, 4.69) is 25.9 Å². The van der Waals surface area contributed by atoms with Gasteiger partial charge in [-0.1, -0.05) is 23.7 Å². The number of ether oxygens (including phenoxy) is 1. The molecular weight excluding hydrogens is 522 g/mol. The number of rotatable bonds is 9. The van der Waals surface area contributed by atoms with Gasteiger partial charge >= 0.3 is 0 Å². The Morgan fingerprint density at radius 1 is 1.16 bits per heavy atom. The Balaban J connectivity index is 1.72. The van der Waals surface area contributed by atoms with Gasteiger partial charge in [0.05, 0.1) is 33.8 Å². The molecule has 4 rings (SSSR count). The lowest BCUT2D eigenvalue weighted by Crippen LogP contribution is -2.27. The van der Waals surface area contributed by atoms with Crippen molar-refractivity contribution in [2.75, 3.05) is 23.7 Å². The smallest absolute Gasteiger partial charge is 0.229 e. The molecule has 8 nitrogen and oxygen atoms in total. The highest BCUT2D eigenvalue weighted by molar-refractivity contribution is 7.92. The van der Waals surface area contributed by atoms with Gasteiger partial charge in [0.2, 0.25) is 5.95 Å². The van der Waals surface area contributed by atoms with E-state index in [-0.39, 0.29) is 28.6 Å². The van der Waals surface area contributed by atoms with Gasteiger partial charge in [0.15, 0.2) is 15.7 Å². The first kappa shape index (κ1) is 20.1. The maximum atomic E-state index is 13.6. The maximum absolute atomic E-state index is 13.6. The van der Waals surface area contributed by atoms with Crippen molar-refractivity contribution in [3.63, 3.8) is 0 Å². The van der Waals surface area contributed by atoms with Crippen LogP contribution < -0.4 is 20.7 Å². The van der Waals surface area contributed by atoms with Crippen LogP contribution in [0, 0.1) is 6.92 Å². The standard InChI is InChI=1S/C28H36ClN5O3S/c1-17(2)37-25-15-21(20-10-12-30-13-11-20)19(5)14-24(25)33-28-31-16-22(29)27(34-28)32-23-8-6-7-9-26(23)38(35,36)18(3)4/h6-9,14-18,20,30H,10-13H2,1-5H3,(H2,31,32,33,34)/i3D3,4D3,18D. The molecule has 38 heavy (non-hydrogen) atoms. The van der Waals surface area contributed by atoms with Crippen molar-refractivity contribution in [1.82, 2.24) is 15.3 Å². The molecule has 1 fully saturated rings. The molecule has 0 aliphatic carbocycles. The largest absolute Gasteiger partial charge is 0.489 e. The van der Waals surface area contributed by atoms with Crippen LogP contribution in [0.25, 0.3) is 0 Å². The molecule has 1 saturated heterocycles. The molecule has 0 unspecified atom stereocenters. The van der Waals surface area contributed by atoms with Crippen LogP contribution in [-0.2, 0) is 9.84 Å². The summed E-state index contributed by atoms with van der Waals surface area (Å²) >= 11 is 6.37. The van der Waals surface area contributed by atoms with Crippen LogP contribution >= 0.6 is 11.6 Å². The van der Waals surface area contributed by atoms with Gasteiger partial charge in [-0.05, 0) is 102 Å². The lowest BCUT2D eigenvalue weighted by molar-refractivity contribution is 0.243. The van der Waals surface area contributed by atoms with Crippen LogP contribution in [0.2, 0.25) is 5.02 Å². The van der Waals surface area contributed by atoms with Gasteiger partial charge in [0.25, 0.3) is 0 Å². The SMILES string of the molecule is [2H]C([2H])([2H])C([2H])(C([2H])([2H])[2H])S(=O)(=O)c1ccccc1Nc1nc(Nc2cc(C)c(C3CCNCC3)cc2OC(C)C)ncc1Cl. The van der Waals surface area contributed by atoms with Crippen molar-refractivity contribution < 1.29 is 22.7 Å². The monoisotopic (exact) mass is 564 g/mol. The number of anilines is 4. The molecule has 3 aromatic rings. The molecule has 0 atom stereocenters. The quantitative estimate of drug-likeness (QED) is 0.275. The summed E-state index contributed by atoms with van der Waals surface area (Å²) in [6, 6.07) is 9.04. The fourth-order valence-corrected chi connectivity index (χ4v) is 5.43. The van der Waals surface area contributed by atoms with Gasteiger partial charge in [-0.3, -0.25) is 0 Å². The van der Waals surface area contributed by atoms with E-state index in [0.717, 1.165) is 37.6 Å². The minimum atomic E-state index is -5.32. The average Bonchev–Trinajstić information content (AvgIpc) is 2.95. The molecule has 0 saturated carbocycles. The van der Waals surface area contributed by atoms with Crippen LogP contribution in [0.3, 0.4) is 0 Å². The minimum Gasteiger partial charge on any atom is -0.489 e. The van der Waals surface area contributed by atoms with Crippen molar-refractivity contribution in [3.8, 4) is 5.75 Å². The van der Waals surface area contributed by atoms with E-state index in [4.69, 9.17) is 25.9 Å². The normalized spacial score (nSPS) is 18.3. The van der Waals surface area contributed by atoms with E-state index < -0.39 is 33.7 Å². The molecule has 2 heterocycles. The summed E-state index contributed by atoms with van der Waals surface area (Å²) in [4.78, 5) is 7.96. The molecular formula is C28H36ClN5O3S. The van der Waals surface area contributed by atoms with Crippen molar-refractivity contribution >= 4 is 44.6 Å². The zero-order chi connectivity index (χ0) is 33.4. The number of nitrogens with zero attached hydrogens (tertiary/aromatic N) is 2. The second-order valence-electron chi connectivity index (χ2n) is 9.36. The van der Waals surface area contributed by atoms with Crippen molar-refractivity contribution in [2.24, 2.45) is 0 Å². The van der Waals surface area contributed by atoms with Gasteiger partial charge in [-0.15, -0.1) is 0 Å². The second-order valence-corrected chi connectivity index (χ2v) is 11.6. The number of aromatic nitrogens is 2. The predicted octanol–water partition coefficient (Wildman–Crippen LogP) is 6.36. The topological polar surface area (TPSA) is 105 Å². The first-order valence-corrected chi connectivity index (χ1v) is 14.1. The summed E-state index contributed by atoms with van der Waals surface area (Å²) in [7, 11) is -5.32. The molecule has 0 spiro atoms. The maximum Gasteiger partial charge on any atom is 0.229 e. The van der Waals surface area contributed by atoms with E-state index in [1.807, 2.05) is 32.9 Å². The molecule has 10 heteroatoms. The van der Waals surface area contributed by atoms with Crippen LogP contribution in [0.15, 0.2) is 47.5 Å². The van der Waals surface area contributed by atoms with Gasteiger partial charge < -0.3 is 20.7 Å². The summed E-state index contributed by atoms with van der Waals surface area (Å²) in [6.07, 6.45) is 3.20. The van der Waals surface area contributed by atoms with Gasteiger partial charge in [-0.2, -0.15) is 4.98 Å². The van der Waals surface area contributed by atoms with E-state index in [1.165, 1.54) is 30.0 Å². The highest BCUT2D eigenvalue weighted by atomic mass is 35.5. The number of para-hydroxylation sites is 1. The van der Waals surface area contributed by atoms with E-state index in [9.17, 15) is 8.42 Å². The average molecular weight is 565 g/mol. The number of halogens is 1. The molecule has 0 radical (unpaired) electrons. The third-order valence-corrected chi connectivity index (χ3v) is 7.95. The fourth-order valence-electron chi connectivity index (χ4n) is 4.40. The molecule has 0 amide bonds. The predicted molar refractivity (Wildman–Crippen MR) is 154 cm³/mol. The van der Waals surface area contributed by atoms with E-state index in [0.29, 0.717) is 17.4 Å². The number of nitrogens with one attached hydrogen (secondary N) is 3. The highest BCUT2D eigenvalue weighted by Gasteiger charge is 2.24. The molecule has 204 valence electrons. The Morgan fingerprint density at radius 3 is 2.61 bits per heavy atom. The van der Waals surface area contributed by atoms with E-state index >= 15 is 0 Å². The summed E-state index contributed by atoms with van der Waals surface area (Å²) in [5.74, 6) is 1.04. The Hall–Kier alpha value is -2.88. The summed E-state index contributed by atoms with van der Waals surface area (Å²) in [5, 5.41) is 5.45. The Bertz CT molecular complexity index is 1630. The van der Waals surface area contributed by atoms with Crippen LogP contribution in [0.5, 0.6) is 5.75 Å². The number of hydrogen-bond acceptors (Lipinski definition) is 8. The molecule has 0 bridgehead atoms. The molecule has 3 N–H and O–H groups in total. The van der Waals surface area contributed by atoms with Gasteiger partial charge in [-0.25, -0.2) is 13.4 Å². The first-order chi connectivity index (χ1) is 20.9. The van der Waals surface area contributed by atoms with Crippen molar-refractivity contribution in [1.29, 1.82) is 0 Å². The third-order valence-electron chi connectivity index (χ3n) is 6.20. The lowest BCUT2D eigenvalue weighted by atomic mass is 9.87. The van der Waals surface area contributed by atoms with Crippen molar-refractivity contribution in [3.05, 3.63) is 58.7 Å². The van der Waals surface area contributed by atoms with Gasteiger partial charge in [0.1, 0.15) is 10.8 Å². The number of benzene rings is 2. The van der Waals surface area contributed by atoms with Crippen molar-refractivity contribution in [2.45, 2.75) is 69.5 Å². The number of piperidine rings is 1. The highest BCUT2D eigenvalue weighted by Crippen LogP contribution is 2.37. The Labute approximate surface area is 240 Å². The third kappa shape index (κ3) is 6.39. The summed E-state index contributed by atoms with van der Waals surface area (Å²) in [6.45, 7) is 0.348. The minimum absolute atomic E-state index is 0.00683. The number of sulfone groups is 1. The summed E-state index contributed by atoms with van der Waals surface area (Å²) < 4.78 is 87.7. The fraction of sp³-hybridized carbons (Fsp3) is 0.429. The zero-order valence-electron chi connectivity index (χ0n) is 28.4. The number of hydrogen-bond donors (Lipinski definition) is 3. The van der Waals surface area contributed by atoms with Crippen LogP contribution in [-0.4, -0.2) is 42.8 Å². The zero-order valence-corrected chi connectivity index (χ0v) is 23.0. The second kappa shape index (κ2) is 11.9. The number of aryl methyl sites for hydroxylation is 1. The first-order valence-electron chi connectivity index (χ1n) is 15.8. The molecule has 1 aliphatic heterocycles. The molecule has 2 aromatic carbocycles. The summed E-state index contributed by atoms with van der Waals surface area (Å²) in [5.41, 5.74) is 2.65. The van der Waals surface area contributed by atoms with Crippen LogP contribution in [0.4, 0.5) is 23.1 Å². The molecule has 1 aliphatic rings. The Kier molecular flexibility index (Phi) is 6.28. The Morgan fingerprint density at radius 2 is 1.89 bits per heavy atom. The molecule has 1 aromatic heterocycles. The lowest BCUT2D eigenvalue weighted by Gasteiger charge is -2.26.